The van der Waals surface area contributed by atoms with Gasteiger partial charge in [-0.15, -0.1) is 5.06 Å². The quantitative estimate of drug-likeness (QED) is 0.116. The number of aliphatic carboxylic acids is 1. The minimum Gasteiger partial charge on any atom is -0.481 e. The van der Waals surface area contributed by atoms with Gasteiger partial charge in [-0.3, -0.25) is 38.4 Å². The van der Waals surface area contributed by atoms with Crippen LogP contribution in [0, 0.1) is 28.6 Å². The van der Waals surface area contributed by atoms with Gasteiger partial charge >= 0.3 is 11.9 Å². The maximum absolute atomic E-state index is 14.0. The van der Waals surface area contributed by atoms with Crippen molar-refractivity contribution >= 4 is 53.0 Å². The Morgan fingerprint density at radius 3 is 2.33 bits per heavy atom. The second kappa shape index (κ2) is 18.4. The molecule has 3 saturated heterocycles. The zero-order chi connectivity index (χ0) is 48.1. The summed E-state index contributed by atoms with van der Waals surface area (Å²) < 4.78 is 18.8. The van der Waals surface area contributed by atoms with Gasteiger partial charge in [-0.2, -0.15) is 0 Å². The van der Waals surface area contributed by atoms with Crippen molar-refractivity contribution in [3.63, 3.8) is 0 Å². The minimum absolute atomic E-state index is 0.00870. The number of carbonyl (C=O) groups is 9. The minimum atomic E-state index is -1.52. The number of benzene rings is 1. The number of rotatable bonds is 17. The van der Waals surface area contributed by atoms with Crippen LogP contribution in [0.4, 0.5) is 0 Å². The van der Waals surface area contributed by atoms with Crippen LogP contribution in [0.25, 0.3) is 0 Å². The van der Waals surface area contributed by atoms with Crippen LogP contribution in [-0.2, 0) is 68.6 Å². The average molecular weight is 933 g/mol. The number of hydrogen-bond acceptors (Lipinski definition) is 15. The number of ether oxygens (including phenoxy) is 3. The standard InChI is InChI=1S/C47H56N4O16/c1-44-16-15-28(53)17-27(44)7-8-29-30-18-34-47(33(55)22-52,45(30,2)20-32(54)41(29)44)66-43(65-34)26-5-3-25(4-6-26)19-46(23-64-24-46)50-42(63)31(9-13-39(60)61)49-36(57)21-48-35(56)10-14-40(62)67-51-37(58)11-12-38(51)59/h3-6,15-17,29-32,34,41,43,52,54H,7-14,18-24H2,1-2H3,(H,48,56)(H,49,57)(H,50,63)(H,60,61)/t29-,30-,31-,32-,34+,41+,43+,44-,45-,47+/m0/s1. The maximum atomic E-state index is 14.0. The molecule has 3 saturated carbocycles. The first-order valence-corrected chi connectivity index (χ1v) is 22.7. The molecule has 8 rings (SSSR count). The van der Waals surface area contributed by atoms with E-state index in [-0.39, 0.29) is 68.9 Å². The number of hydroxylamine groups is 2. The molecule has 4 aliphatic carbocycles. The maximum Gasteiger partial charge on any atom is 0.333 e. The number of ketones is 2. The fraction of sp³-hybridized carbons (Fsp3) is 0.596. The molecule has 0 aromatic heterocycles. The molecule has 20 heteroatoms. The summed E-state index contributed by atoms with van der Waals surface area (Å²) in [5.41, 5.74) is -1.44. The highest BCUT2D eigenvalue weighted by Crippen LogP contribution is 2.70. The van der Waals surface area contributed by atoms with Crippen molar-refractivity contribution in [1.82, 2.24) is 21.0 Å². The molecule has 0 unspecified atom stereocenters. The lowest BCUT2D eigenvalue weighted by Crippen LogP contribution is -2.66. The molecule has 3 aliphatic heterocycles. The Bertz CT molecular complexity index is 2290. The van der Waals surface area contributed by atoms with Gasteiger partial charge in [0, 0.05) is 54.4 Å². The first-order valence-electron chi connectivity index (χ1n) is 22.7. The number of nitrogens with zero attached hydrogens (tertiary/aromatic N) is 1. The van der Waals surface area contributed by atoms with E-state index in [1.807, 2.05) is 25.1 Å². The van der Waals surface area contributed by atoms with Crippen molar-refractivity contribution in [2.24, 2.45) is 28.6 Å². The number of hydrogen-bond donors (Lipinski definition) is 6. The molecule has 5 amide bonds. The van der Waals surface area contributed by atoms with E-state index in [0.29, 0.717) is 23.5 Å². The van der Waals surface area contributed by atoms with Crippen molar-refractivity contribution in [2.75, 3.05) is 26.4 Å². The third-order valence-electron chi connectivity index (χ3n) is 15.2. The fourth-order valence-electron chi connectivity index (χ4n) is 12.0. The summed E-state index contributed by atoms with van der Waals surface area (Å²) in [5.74, 6) is -6.58. The molecular weight excluding hydrogens is 877 g/mol. The predicted octanol–water partition coefficient (Wildman–Crippen LogP) is 0.570. The van der Waals surface area contributed by atoms with Gasteiger partial charge in [-0.1, -0.05) is 49.8 Å². The molecule has 0 radical (unpaired) electrons. The number of aliphatic hydroxyl groups excluding tert-OH is 2. The lowest BCUT2D eigenvalue weighted by Gasteiger charge is -2.59. The van der Waals surface area contributed by atoms with E-state index in [1.165, 1.54) is 0 Å². The Kier molecular flexibility index (Phi) is 13.2. The van der Waals surface area contributed by atoms with Gasteiger partial charge in [-0.05, 0) is 61.7 Å². The number of fused-ring (bicyclic) bond motifs is 7. The van der Waals surface area contributed by atoms with Crippen LogP contribution in [0.3, 0.4) is 0 Å². The summed E-state index contributed by atoms with van der Waals surface area (Å²) in [4.78, 5) is 117. The van der Waals surface area contributed by atoms with E-state index in [0.717, 1.165) is 17.6 Å². The second-order valence-electron chi connectivity index (χ2n) is 19.4. The summed E-state index contributed by atoms with van der Waals surface area (Å²) in [6.07, 6.45) is 3.29. The summed E-state index contributed by atoms with van der Waals surface area (Å²) in [6, 6.07) is 5.90. The van der Waals surface area contributed by atoms with Gasteiger partial charge in [0.2, 0.25) is 17.7 Å². The van der Waals surface area contributed by atoms with Gasteiger partial charge < -0.3 is 50.3 Å². The molecule has 0 bridgehead atoms. The molecule has 0 spiro atoms. The van der Waals surface area contributed by atoms with E-state index < -0.39 is 126 Å². The number of imide groups is 1. The number of carbonyl (C=O) groups excluding carboxylic acids is 8. The van der Waals surface area contributed by atoms with Gasteiger partial charge in [-0.25, -0.2) is 4.79 Å². The molecular formula is C47H56N4O16. The number of allylic oxidation sites excluding steroid dienone is 4. The number of amides is 5. The van der Waals surface area contributed by atoms with Crippen LogP contribution >= 0.6 is 0 Å². The summed E-state index contributed by atoms with van der Waals surface area (Å²) >= 11 is 0. The highest BCUT2D eigenvalue weighted by molar-refractivity contribution is 6.02. The third kappa shape index (κ3) is 8.85. The predicted molar refractivity (Wildman–Crippen MR) is 227 cm³/mol. The Morgan fingerprint density at radius 1 is 0.955 bits per heavy atom. The van der Waals surface area contributed by atoms with Crippen molar-refractivity contribution < 1.29 is 77.5 Å². The van der Waals surface area contributed by atoms with Gasteiger partial charge in [0.15, 0.2) is 23.5 Å². The van der Waals surface area contributed by atoms with E-state index in [4.69, 9.17) is 19.0 Å². The Morgan fingerprint density at radius 2 is 1.67 bits per heavy atom. The van der Waals surface area contributed by atoms with Crippen LogP contribution in [-0.4, -0.2) is 129 Å². The summed E-state index contributed by atoms with van der Waals surface area (Å²) in [6.45, 7) is 2.89. The molecule has 6 N–H and O–H groups in total. The SMILES string of the molecule is C[C@]12C=CC(=O)C=C1CC[C@@H]1[C@@H]2[C@@H](O)C[C@@]2(C)[C@H]1C[C@H]1O[C@@H](c3ccc(CC4(NC(=O)[C@H](CCC(=O)O)NC(=O)CNC(=O)CCC(=O)ON5C(=O)CCC5=O)COC4)cc3)O[C@]12C(=O)CO. The number of aliphatic hydroxyl groups is 2. The van der Waals surface area contributed by atoms with E-state index in [9.17, 15) is 58.5 Å². The molecule has 1 aromatic carbocycles. The number of carboxylic acids is 1. The van der Waals surface area contributed by atoms with Crippen molar-refractivity contribution in [3.05, 3.63) is 59.2 Å². The molecule has 10 atom stereocenters. The zero-order valence-electron chi connectivity index (χ0n) is 37.3. The van der Waals surface area contributed by atoms with Crippen LogP contribution in [0.15, 0.2) is 48.1 Å². The molecule has 6 fully saturated rings. The second-order valence-corrected chi connectivity index (χ2v) is 19.4. The number of nitrogens with one attached hydrogen (secondary N) is 3. The van der Waals surface area contributed by atoms with Gasteiger partial charge in [0.25, 0.3) is 11.8 Å². The van der Waals surface area contributed by atoms with Crippen molar-refractivity contribution in [2.45, 2.75) is 120 Å². The Labute approximate surface area is 385 Å². The van der Waals surface area contributed by atoms with Crippen LogP contribution in [0.2, 0.25) is 0 Å². The monoisotopic (exact) mass is 932 g/mol. The molecule has 20 nitrogen and oxygen atoms in total. The summed E-state index contributed by atoms with van der Waals surface area (Å²) in [7, 11) is 0. The van der Waals surface area contributed by atoms with Gasteiger partial charge in [0.05, 0.1) is 43.9 Å². The Balaban J connectivity index is 0.880. The fourth-order valence-corrected chi connectivity index (χ4v) is 12.0. The normalized spacial score (nSPS) is 32.7. The lowest BCUT2D eigenvalue weighted by molar-refractivity contribution is -0.201. The summed E-state index contributed by atoms with van der Waals surface area (Å²) in [5, 5.41) is 39.7. The number of carboxylic acid groups (broad SMARTS) is 1. The zero-order valence-corrected chi connectivity index (χ0v) is 37.3. The first-order chi connectivity index (χ1) is 31.8. The van der Waals surface area contributed by atoms with E-state index >= 15 is 0 Å². The largest absolute Gasteiger partial charge is 0.481 e. The highest BCUT2D eigenvalue weighted by atomic mass is 16.7. The molecule has 7 aliphatic rings. The Hall–Kier alpha value is -5.67. The average Bonchev–Trinajstić information content (AvgIpc) is 3.90. The molecule has 360 valence electrons. The van der Waals surface area contributed by atoms with Crippen LogP contribution < -0.4 is 16.0 Å². The molecule has 67 heavy (non-hydrogen) atoms. The van der Waals surface area contributed by atoms with E-state index in [1.54, 1.807) is 24.3 Å². The third-order valence-corrected chi connectivity index (χ3v) is 15.2. The van der Waals surface area contributed by atoms with Gasteiger partial charge in [0.1, 0.15) is 12.6 Å². The van der Waals surface area contributed by atoms with Crippen LogP contribution in [0.1, 0.15) is 95.5 Å². The van der Waals surface area contributed by atoms with Crippen LogP contribution in [0.5, 0.6) is 0 Å². The smallest absolute Gasteiger partial charge is 0.333 e. The first kappa shape index (κ1) is 47.8. The topological polar surface area (TPSA) is 291 Å². The molecule has 1 aromatic rings. The molecule has 3 heterocycles. The lowest BCUT2D eigenvalue weighted by atomic mass is 9.46. The highest BCUT2D eigenvalue weighted by Gasteiger charge is 2.76. The number of Topliss-reactive ketones (excluding diaryl/α,β-unsaturated/α-hetero) is 1. The van der Waals surface area contributed by atoms with E-state index in [2.05, 4.69) is 22.9 Å². The van der Waals surface area contributed by atoms with Crippen molar-refractivity contribution in [1.29, 1.82) is 0 Å². The van der Waals surface area contributed by atoms with Crippen molar-refractivity contribution in [3.8, 4) is 0 Å².